The number of rotatable bonds is 7. The van der Waals surface area contributed by atoms with Crippen LogP contribution >= 0.6 is 0 Å². The third-order valence-electron chi connectivity index (χ3n) is 3.13. The second-order valence-corrected chi connectivity index (χ2v) is 4.88. The van der Waals surface area contributed by atoms with E-state index in [1.54, 1.807) is 0 Å². The Bertz CT molecular complexity index is 373. The van der Waals surface area contributed by atoms with Gasteiger partial charge in [-0.3, -0.25) is 4.79 Å². The largest absolute Gasteiger partial charge is 0.484 e. The van der Waals surface area contributed by atoms with E-state index in [1.807, 2.05) is 35.2 Å². The molecule has 0 aliphatic heterocycles. The summed E-state index contributed by atoms with van der Waals surface area (Å²) in [7, 11) is 0. The molecule has 3 nitrogen and oxygen atoms in total. The number of carbonyl (C=O) groups is 1. The first-order valence-electron chi connectivity index (χ1n) is 6.75. The lowest BCUT2D eigenvalue weighted by Crippen LogP contribution is -2.37. The van der Waals surface area contributed by atoms with E-state index in [4.69, 9.17) is 4.74 Å². The summed E-state index contributed by atoms with van der Waals surface area (Å²) < 4.78 is 5.51. The van der Waals surface area contributed by atoms with Crippen LogP contribution in [0.1, 0.15) is 26.2 Å². The first-order valence-corrected chi connectivity index (χ1v) is 6.75. The van der Waals surface area contributed by atoms with Crippen molar-refractivity contribution < 1.29 is 9.53 Å². The Morgan fingerprint density at radius 3 is 2.67 bits per heavy atom. The van der Waals surface area contributed by atoms with Gasteiger partial charge in [-0.1, -0.05) is 25.1 Å². The number of amides is 1. The Morgan fingerprint density at radius 1 is 1.33 bits per heavy atom. The molecule has 0 spiro atoms. The van der Waals surface area contributed by atoms with Crippen LogP contribution in [0.25, 0.3) is 0 Å². The molecular formula is C15H21NO2. The third kappa shape index (κ3) is 4.06. The number of ether oxygens (including phenoxy) is 1. The number of hydrogen-bond acceptors (Lipinski definition) is 2. The molecule has 0 saturated heterocycles. The molecule has 0 radical (unpaired) electrons. The Labute approximate surface area is 109 Å². The Kier molecular flexibility index (Phi) is 4.62. The molecule has 1 aromatic rings. The van der Waals surface area contributed by atoms with Crippen LogP contribution in [0, 0.1) is 5.92 Å². The Morgan fingerprint density at radius 2 is 2.06 bits per heavy atom. The average molecular weight is 247 g/mol. The lowest BCUT2D eigenvalue weighted by molar-refractivity contribution is -0.133. The monoisotopic (exact) mass is 247 g/mol. The summed E-state index contributed by atoms with van der Waals surface area (Å²) in [4.78, 5) is 14.0. The van der Waals surface area contributed by atoms with Gasteiger partial charge < -0.3 is 9.64 Å². The van der Waals surface area contributed by atoms with Gasteiger partial charge in [0.1, 0.15) is 5.75 Å². The first-order chi connectivity index (χ1) is 8.79. The normalized spacial score (nSPS) is 14.3. The third-order valence-corrected chi connectivity index (χ3v) is 3.13. The van der Waals surface area contributed by atoms with Gasteiger partial charge in [-0.15, -0.1) is 0 Å². The van der Waals surface area contributed by atoms with Crippen LogP contribution in [0.2, 0.25) is 0 Å². The molecule has 1 aliphatic rings. The van der Waals surface area contributed by atoms with Gasteiger partial charge >= 0.3 is 0 Å². The zero-order chi connectivity index (χ0) is 12.8. The summed E-state index contributed by atoms with van der Waals surface area (Å²) >= 11 is 0. The highest BCUT2D eigenvalue weighted by Crippen LogP contribution is 2.29. The summed E-state index contributed by atoms with van der Waals surface area (Å²) in [6, 6.07) is 9.50. The molecule has 0 heterocycles. The molecule has 0 bridgehead atoms. The Balaban J connectivity index is 1.80. The number of nitrogens with zero attached hydrogens (tertiary/aromatic N) is 1. The standard InChI is InChI=1S/C15H21NO2/c1-2-10-16(11-13-8-9-13)15(17)12-18-14-6-4-3-5-7-14/h3-7,13H,2,8-12H2,1H3. The fourth-order valence-corrected chi connectivity index (χ4v) is 1.95. The van der Waals surface area contributed by atoms with E-state index in [-0.39, 0.29) is 12.5 Å². The van der Waals surface area contributed by atoms with Crippen LogP contribution in [0.15, 0.2) is 30.3 Å². The molecule has 0 atom stereocenters. The van der Waals surface area contributed by atoms with Crippen molar-refractivity contribution in [3.8, 4) is 5.75 Å². The summed E-state index contributed by atoms with van der Waals surface area (Å²) in [5, 5.41) is 0. The molecule has 98 valence electrons. The van der Waals surface area contributed by atoms with E-state index >= 15 is 0 Å². The second-order valence-electron chi connectivity index (χ2n) is 4.88. The average Bonchev–Trinajstić information content (AvgIpc) is 3.21. The van der Waals surface area contributed by atoms with E-state index in [0.29, 0.717) is 0 Å². The van der Waals surface area contributed by atoms with Crippen LogP contribution in [-0.4, -0.2) is 30.5 Å². The van der Waals surface area contributed by atoms with Gasteiger partial charge in [-0.05, 0) is 37.3 Å². The smallest absolute Gasteiger partial charge is 0.260 e. The van der Waals surface area contributed by atoms with Crippen molar-refractivity contribution in [3.05, 3.63) is 30.3 Å². The number of carbonyl (C=O) groups excluding carboxylic acids is 1. The highest BCUT2D eigenvalue weighted by Gasteiger charge is 2.26. The highest BCUT2D eigenvalue weighted by molar-refractivity contribution is 5.77. The minimum atomic E-state index is 0.104. The van der Waals surface area contributed by atoms with E-state index in [9.17, 15) is 4.79 Å². The van der Waals surface area contributed by atoms with Gasteiger partial charge in [0.05, 0.1) is 0 Å². The number of hydrogen-bond donors (Lipinski definition) is 0. The summed E-state index contributed by atoms with van der Waals surface area (Å²) in [6.07, 6.45) is 3.55. The predicted octanol–water partition coefficient (Wildman–Crippen LogP) is 2.71. The van der Waals surface area contributed by atoms with Crippen molar-refractivity contribution in [3.63, 3.8) is 0 Å². The van der Waals surface area contributed by atoms with Crippen LogP contribution in [0.5, 0.6) is 5.75 Å². The summed E-state index contributed by atoms with van der Waals surface area (Å²) in [5.74, 6) is 1.60. The molecule has 0 N–H and O–H groups in total. The van der Waals surface area contributed by atoms with Gasteiger partial charge in [-0.25, -0.2) is 0 Å². The Hall–Kier alpha value is -1.51. The molecule has 0 aromatic heterocycles. The van der Waals surface area contributed by atoms with Gasteiger partial charge in [0.2, 0.25) is 0 Å². The lowest BCUT2D eigenvalue weighted by atomic mass is 10.3. The summed E-state index contributed by atoms with van der Waals surface area (Å²) in [6.45, 7) is 4.00. The maximum Gasteiger partial charge on any atom is 0.260 e. The quantitative estimate of drug-likeness (QED) is 0.741. The van der Waals surface area contributed by atoms with Crippen molar-refractivity contribution in [2.75, 3.05) is 19.7 Å². The summed E-state index contributed by atoms with van der Waals surface area (Å²) in [5.41, 5.74) is 0. The minimum Gasteiger partial charge on any atom is -0.484 e. The maximum atomic E-state index is 12.1. The predicted molar refractivity (Wildman–Crippen MR) is 71.5 cm³/mol. The van der Waals surface area contributed by atoms with Gasteiger partial charge in [0.25, 0.3) is 5.91 Å². The van der Waals surface area contributed by atoms with Gasteiger partial charge in [0, 0.05) is 13.1 Å². The van der Waals surface area contributed by atoms with Crippen molar-refractivity contribution in [2.24, 2.45) is 5.92 Å². The van der Waals surface area contributed by atoms with E-state index in [0.717, 1.165) is 31.2 Å². The minimum absolute atomic E-state index is 0.104. The first kappa shape index (κ1) is 12.9. The molecule has 0 unspecified atom stereocenters. The number of benzene rings is 1. The molecular weight excluding hydrogens is 226 g/mol. The van der Waals surface area contributed by atoms with Crippen LogP contribution in [-0.2, 0) is 4.79 Å². The van der Waals surface area contributed by atoms with Crippen molar-refractivity contribution in [1.82, 2.24) is 4.90 Å². The number of para-hydroxylation sites is 1. The van der Waals surface area contributed by atoms with E-state index in [1.165, 1.54) is 12.8 Å². The highest BCUT2D eigenvalue weighted by atomic mass is 16.5. The van der Waals surface area contributed by atoms with E-state index in [2.05, 4.69) is 6.92 Å². The fourth-order valence-electron chi connectivity index (χ4n) is 1.95. The zero-order valence-corrected chi connectivity index (χ0v) is 11.0. The molecule has 18 heavy (non-hydrogen) atoms. The van der Waals surface area contributed by atoms with Crippen LogP contribution in [0.4, 0.5) is 0 Å². The molecule has 1 aromatic carbocycles. The van der Waals surface area contributed by atoms with Crippen molar-refractivity contribution in [1.29, 1.82) is 0 Å². The van der Waals surface area contributed by atoms with Gasteiger partial charge in [-0.2, -0.15) is 0 Å². The van der Waals surface area contributed by atoms with Crippen molar-refractivity contribution >= 4 is 5.91 Å². The molecule has 2 rings (SSSR count). The molecule has 1 saturated carbocycles. The van der Waals surface area contributed by atoms with Crippen LogP contribution in [0.3, 0.4) is 0 Å². The molecule has 1 amide bonds. The van der Waals surface area contributed by atoms with Gasteiger partial charge in [0.15, 0.2) is 6.61 Å². The lowest BCUT2D eigenvalue weighted by Gasteiger charge is -2.22. The zero-order valence-electron chi connectivity index (χ0n) is 11.0. The molecule has 3 heteroatoms. The second kappa shape index (κ2) is 6.43. The van der Waals surface area contributed by atoms with Crippen LogP contribution < -0.4 is 4.74 Å². The topological polar surface area (TPSA) is 29.5 Å². The molecule has 1 fully saturated rings. The van der Waals surface area contributed by atoms with E-state index < -0.39 is 0 Å². The SMILES string of the molecule is CCCN(CC1CC1)C(=O)COc1ccccc1. The fraction of sp³-hybridized carbons (Fsp3) is 0.533. The maximum absolute atomic E-state index is 12.1. The van der Waals surface area contributed by atoms with Crippen molar-refractivity contribution in [2.45, 2.75) is 26.2 Å². The molecule has 1 aliphatic carbocycles.